The van der Waals surface area contributed by atoms with E-state index >= 15 is 0 Å². The lowest BCUT2D eigenvalue weighted by atomic mass is 10.3. The first-order valence-corrected chi connectivity index (χ1v) is 3.37. The molecule has 0 aromatic heterocycles. The molecule has 9 heavy (non-hydrogen) atoms. The molecule has 0 heterocycles. The van der Waals surface area contributed by atoms with Crippen molar-refractivity contribution in [3.63, 3.8) is 0 Å². The summed E-state index contributed by atoms with van der Waals surface area (Å²) in [6.07, 6.45) is 1.82. The third kappa shape index (κ3) is 7.88. The molecule has 0 radical (unpaired) electrons. The van der Waals surface area contributed by atoms with Gasteiger partial charge in [0, 0.05) is 13.2 Å². The minimum Gasteiger partial charge on any atom is -0.396 e. The van der Waals surface area contributed by atoms with Gasteiger partial charge in [0.1, 0.15) is 0 Å². The second kappa shape index (κ2) is 7.88. The smallest absolute Gasteiger partial charge is 0.0653 e. The molecular weight excluding hydrogens is 118 g/mol. The number of aliphatic hydroxyl groups excluding tert-OH is 1. The zero-order valence-corrected chi connectivity index (χ0v) is 5.89. The summed E-state index contributed by atoms with van der Waals surface area (Å²) < 4.78 is 0. The molecule has 0 bridgehead atoms. The van der Waals surface area contributed by atoms with Gasteiger partial charge in [0.05, 0.1) is 6.61 Å². The van der Waals surface area contributed by atoms with Crippen molar-refractivity contribution in [2.75, 3.05) is 19.8 Å². The first kappa shape index (κ1) is 8.88. The van der Waals surface area contributed by atoms with Gasteiger partial charge in [-0.3, -0.25) is 0 Å². The highest BCUT2D eigenvalue weighted by atomic mass is 16.6. The van der Waals surface area contributed by atoms with Gasteiger partial charge in [-0.2, -0.15) is 0 Å². The molecule has 56 valence electrons. The fourth-order valence-corrected chi connectivity index (χ4v) is 0.483. The Balaban J connectivity index is 2.60. The lowest BCUT2D eigenvalue weighted by Gasteiger charge is -2.00. The monoisotopic (exact) mass is 133 g/mol. The molecular formula is C6H15NO2. The first-order valence-electron chi connectivity index (χ1n) is 3.37. The van der Waals surface area contributed by atoms with Crippen molar-refractivity contribution in [1.29, 1.82) is 0 Å². The molecule has 0 aromatic rings. The lowest BCUT2D eigenvalue weighted by Crippen LogP contribution is -2.15. The average molecular weight is 133 g/mol. The van der Waals surface area contributed by atoms with Crippen LogP contribution in [0.25, 0.3) is 0 Å². The van der Waals surface area contributed by atoms with Gasteiger partial charge in [-0.1, -0.05) is 0 Å². The van der Waals surface area contributed by atoms with E-state index in [0.29, 0.717) is 6.61 Å². The van der Waals surface area contributed by atoms with E-state index in [1.165, 1.54) is 0 Å². The maximum atomic E-state index is 8.35. The summed E-state index contributed by atoms with van der Waals surface area (Å²) in [5.41, 5.74) is 2.76. The lowest BCUT2D eigenvalue weighted by molar-refractivity contribution is 0.0494. The first-order chi connectivity index (χ1) is 4.41. The number of hydrogen-bond acceptors (Lipinski definition) is 3. The number of rotatable bonds is 6. The molecule has 2 N–H and O–H groups in total. The molecule has 0 amide bonds. The number of nitrogens with one attached hydrogen (secondary N) is 1. The molecule has 0 saturated heterocycles. The van der Waals surface area contributed by atoms with Crippen LogP contribution in [0.15, 0.2) is 0 Å². The van der Waals surface area contributed by atoms with Crippen LogP contribution in [-0.2, 0) is 4.84 Å². The van der Waals surface area contributed by atoms with Gasteiger partial charge in [0.2, 0.25) is 0 Å². The molecule has 0 atom stereocenters. The number of unbranched alkanes of at least 4 members (excludes halogenated alkanes) is 1. The molecule has 3 heteroatoms. The minimum absolute atomic E-state index is 0.272. The maximum Gasteiger partial charge on any atom is 0.0653 e. The molecule has 0 rings (SSSR count). The van der Waals surface area contributed by atoms with E-state index in [1.807, 2.05) is 6.92 Å². The van der Waals surface area contributed by atoms with Gasteiger partial charge < -0.3 is 9.94 Å². The van der Waals surface area contributed by atoms with E-state index in [9.17, 15) is 0 Å². The summed E-state index contributed by atoms with van der Waals surface area (Å²) in [5, 5.41) is 8.35. The van der Waals surface area contributed by atoms with Crippen LogP contribution in [0.5, 0.6) is 0 Å². The summed E-state index contributed by atoms with van der Waals surface area (Å²) >= 11 is 0. The van der Waals surface area contributed by atoms with E-state index in [4.69, 9.17) is 9.94 Å². The van der Waals surface area contributed by atoms with Crippen molar-refractivity contribution >= 4 is 0 Å². The number of hydroxylamine groups is 1. The second-order valence-corrected chi connectivity index (χ2v) is 1.76. The van der Waals surface area contributed by atoms with Crippen LogP contribution in [0.2, 0.25) is 0 Å². The topological polar surface area (TPSA) is 41.5 Å². The summed E-state index contributed by atoms with van der Waals surface area (Å²) in [4.78, 5) is 4.85. The van der Waals surface area contributed by atoms with Crippen LogP contribution in [0.3, 0.4) is 0 Å². The number of aliphatic hydroxyl groups is 1. The van der Waals surface area contributed by atoms with Gasteiger partial charge in [0.25, 0.3) is 0 Å². The summed E-state index contributed by atoms with van der Waals surface area (Å²) in [5.74, 6) is 0. The molecule has 0 spiro atoms. The van der Waals surface area contributed by atoms with Crippen molar-refractivity contribution in [1.82, 2.24) is 5.48 Å². The van der Waals surface area contributed by atoms with Crippen LogP contribution in [0.1, 0.15) is 19.8 Å². The predicted octanol–water partition coefficient (Wildman–Crippen LogP) is 0.300. The van der Waals surface area contributed by atoms with Gasteiger partial charge in [-0.25, -0.2) is 5.48 Å². The summed E-state index contributed by atoms with van der Waals surface area (Å²) in [6, 6.07) is 0. The molecule has 0 fully saturated rings. The highest BCUT2D eigenvalue weighted by molar-refractivity contribution is 4.37. The highest BCUT2D eigenvalue weighted by Crippen LogP contribution is 1.82. The Morgan fingerprint density at radius 3 is 2.78 bits per heavy atom. The van der Waals surface area contributed by atoms with Gasteiger partial charge in [-0.05, 0) is 19.8 Å². The molecule has 0 aromatic carbocycles. The fourth-order valence-electron chi connectivity index (χ4n) is 0.483. The van der Waals surface area contributed by atoms with Crippen molar-refractivity contribution in [3.8, 4) is 0 Å². The zero-order valence-electron chi connectivity index (χ0n) is 5.89. The predicted molar refractivity (Wildman–Crippen MR) is 35.9 cm³/mol. The Morgan fingerprint density at radius 2 is 2.22 bits per heavy atom. The second-order valence-electron chi connectivity index (χ2n) is 1.76. The van der Waals surface area contributed by atoms with Crippen LogP contribution < -0.4 is 5.48 Å². The molecule has 0 aliphatic rings. The molecule has 0 saturated carbocycles. The van der Waals surface area contributed by atoms with Gasteiger partial charge >= 0.3 is 0 Å². The molecule has 0 aliphatic carbocycles. The molecule has 3 nitrogen and oxygen atoms in total. The fraction of sp³-hybridized carbons (Fsp3) is 1.00. The summed E-state index contributed by atoms with van der Waals surface area (Å²) in [6.45, 7) is 3.72. The Morgan fingerprint density at radius 1 is 1.44 bits per heavy atom. The van der Waals surface area contributed by atoms with E-state index in [2.05, 4.69) is 5.48 Å². The van der Waals surface area contributed by atoms with Crippen molar-refractivity contribution in [2.24, 2.45) is 0 Å². The molecule has 0 aliphatic heterocycles. The Labute approximate surface area is 56.0 Å². The van der Waals surface area contributed by atoms with Gasteiger partial charge in [-0.15, -0.1) is 0 Å². The van der Waals surface area contributed by atoms with Gasteiger partial charge in [0.15, 0.2) is 0 Å². The quantitative estimate of drug-likeness (QED) is 0.404. The Bertz CT molecular complexity index is 44.3. The van der Waals surface area contributed by atoms with Crippen molar-refractivity contribution < 1.29 is 9.94 Å². The van der Waals surface area contributed by atoms with Crippen LogP contribution in [0.4, 0.5) is 0 Å². The highest BCUT2D eigenvalue weighted by Gasteiger charge is 1.84. The van der Waals surface area contributed by atoms with Crippen LogP contribution >= 0.6 is 0 Å². The van der Waals surface area contributed by atoms with E-state index < -0.39 is 0 Å². The third-order valence-electron chi connectivity index (χ3n) is 0.933. The number of hydrogen-bond donors (Lipinski definition) is 2. The van der Waals surface area contributed by atoms with Crippen molar-refractivity contribution in [3.05, 3.63) is 0 Å². The van der Waals surface area contributed by atoms with E-state index in [1.54, 1.807) is 0 Å². The standard InChI is InChI=1S/C6H15NO2/c1-2-9-7-5-3-4-6-8/h7-8H,2-6H2,1H3. The van der Waals surface area contributed by atoms with E-state index in [-0.39, 0.29) is 6.61 Å². The Kier molecular flexibility index (Phi) is 7.77. The van der Waals surface area contributed by atoms with Crippen LogP contribution in [0, 0.1) is 0 Å². The third-order valence-corrected chi connectivity index (χ3v) is 0.933. The van der Waals surface area contributed by atoms with Crippen molar-refractivity contribution in [2.45, 2.75) is 19.8 Å². The maximum absolute atomic E-state index is 8.35. The Hall–Kier alpha value is -0.120. The van der Waals surface area contributed by atoms with Crippen LogP contribution in [-0.4, -0.2) is 24.9 Å². The molecule has 0 unspecified atom stereocenters. The minimum atomic E-state index is 0.272. The SMILES string of the molecule is CCONCCCCO. The largest absolute Gasteiger partial charge is 0.396 e. The summed E-state index contributed by atoms with van der Waals surface area (Å²) in [7, 11) is 0. The zero-order chi connectivity index (χ0) is 6.95. The normalized spacial score (nSPS) is 10.0. The average Bonchev–Trinajstić information content (AvgIpc) is 1.89. The van der Waals surface area contributed by atoms with E-state index in [0.717, 1.165) is 19.4 Å².